The standard InChI is InChI=1S/C14H22F2N2O/c1-4-11(5-2)18(6-7-19-3)13-9-10(15)8-12(16)14(13)17/h8-9,11H,4-7,17H2,1-3H3. The Balaban J connectivity index is 3.15. The van der Waals surface area contributed by atoms with Gasteiger partial charge in [0.05, 0.1) is 18.0 Å². The van der Waals surface area contributed by atoms with Crippen molar-refractivity contribution in [3.05, 3.63) is 23.8 Å². The molecule has 5 heteroatoms. The van der Waals surface area contributed by atoms with Crippen molar-refractivity contribution in [2.24, 2.45) is 0 Å². The number of halogens is 2. The van der Waals surface area contributed by atoms with Gasteiger partial charge in [0.1, 0.15) is 5.82 Å². The predicted molar refractivity (Wildman–Crippen MR) is 74.4 cm³/mol. The number of benzene rings is 1. The molecule has 0 heterocycles. The number of hydrogen-bond acceptors (Lipinski definition) is 3. The van der Waals surface area contributed by atoms with Gasteiger partial charge in [-0.15, -0.1) is 0 Å². The number of methoxy groups -OCH3 is 1. The van der Waals surface area contributed by atoms with Crippen molar-refractivity contribution in [3.8, 4) is 0 Å². The summed E-state index contributed by atoms with van der Waals surface area (Å²) in [4.78, 5) is 1.92. The van der Waals surface area contributed by atoms with Crippen LogP contribution in [0.2, 0.25) is 0 Å². The Morgan fingerprint density at radius 3 is 2.42 bits per heavy atom. The molecule has 1 aromatic rings. The lowest BCUT2D eigenvalue weighted by Crippen LogP contribution is -2.37. The Morgan fingerprint density at radius 2 is 1.89 bits per heavy atom. The summed E-state index contributed by atoms with van der Waals surface area (Å²) in [6, 6.07) is 2.27. The quantitative estimate of drug-likeness (QED) is 0.775. The molecule has 0 saturated carbocycles. The molecule has 0 unspecified atom stereocenters. The first-order valence-corrected chi connectivity index (χ1v) is 6.55. The third-order valence-corrected chi connectivity index (χ3v) is 3.30. The smallest absolute Gasteiger partial charge is 0.151 e. The molecule has 0 aliphatic heterocycles. The number of rotatable bonds is 7. The summed E-state index contributed by atoms with van der Waals surface area (Å²) in [6.07, 6.45) is 1.75. The van der Waals surface area contributed by atoms with Crippen LogP contribution >= 0.6 is 0 Å². The summed E-state index contributed by atoms with van der Waals surface area (Å²) in [7, 11) is 1.60. The van der Waals surface area contributed by atoms with Crippen molar-refractivity contribution in [2.75, 3.05) is 30.9 Å². The third-order valence-electron chi connectivity index (χ3n) is 3.30. The van der Waals surface area contributed by atoms with Gasteiger partial charge in [0.15, 0.2) is 5.82 Å². The first-order valence-electron chi connectivity index (χ1n) is 6.55. The minimum atomic E-state index is -0.719. The minimum Gasteiger partial charge on any atom is -0.395 e. The zero-order chi connectivity index (χ0) is 14.4. The lowest BCUT2D eigenvalue weighted by molar-refractivity contribution is 0.202. The molecule has 0 aromatic heterocycles. The summed E-state index contributed by atoms with van der Waals surface area (Å²) < 4.78 is 32.0. The average Bonchev–Trinajstić information content (AvgIpc) is 2.39. The van der Waals surface area contributed by atoms with Crippen LogP contribution in [-0.2, 0) is 4.74 Å². The summed E-state index contributed by atoms with van der Waals surface area (Å²) in [5.74, 6) is -1.33. The van der Waals surface area contributed by atoms with E-state index in [9.17, 15) is 8.78 Å². The van der Waals surface area contributed by atoms with Crippen LogP contribution in [0.1, 0.15) is 26.7 Å². The molecule has 0 fully saturated rings. The lowest BCUT2D eigenvalue weighted by Gasteiger charge is -2.33. The number of nitrogens with two attached hydrogens (primary N) is 1. The highest BCUT2D eigenvalue weighted by atomic mass is 19.1. The molecular formula is C14H22F2N2O. The van der Waals surface area contributed by atoms with Crippen LogP contribution < -0.4 is 10.6 Å². The second kappa shape index (κ2) is 7.28. The predicted octanol–water partition coefficient (Wildman–Crippen LogP) is 3.19. The topological polar surface area (TPSA) is 38.5 Å². The van der Waals surface area contributed by atoms with Crippen LogP contribution in [0.3, 0.4) is 0 Å². The number of ether oxygens (including phenoxy) is 1. The highest BCUT2D eigenvalue weighted by molar-refractivity contribution is 5.68. The Morgan fingerprint density at radius 1 is 1.26 bits per heavy atom. The summed E-state index contributed by atoms with van der Waals surface area (Å²) in [5.41, 5.74) is 6.14. The molecule has 1 rings (SSSR count). The van der Waals surface area contributed by atoms with E-state index in [-0.39, 0.29) is 11.7 Å². The number of nitrogen functional groups attached to an aromatic ring is 1. The molecule has 19 heavy (non-hydrogen) atoms. The number of anilines is 2. The van der Waals surface area contributed by atoms with Gasteiger partial charge in [0.2, 0.25) is 0 Å². The van der Waals surface area contributed by atoms with E-state index in [0.717, 1.165) is 18.9 Å². The van der Waals surface area contributed by atoms with E-state index in [4.69, 9.17) is 10.5 Å². The average molecular weight is 272 g/mol. The summed E-state index contributed by atoms with van der Waals surface area (Å²) >= 11 is 0. The largest absolute Gasteiger partial charge is 0.395 e. The second-order valence-electron chi connectivity index (χ2n) is 4.48. The van der Waals surface area contributed by atoms with Crippen molar-refractivity contribution in [1.82, 2.24) is 0 Å². The van der Waals surface area contributed by atoms with Gasteiger partial charge in [-0.1, -0.05) is 13.8 Å². The van der Waals surface area contributed by atoms with E-state index in [2.05, 4.69) is 0 Å². The molecule has 108 valence electrons. The van der Waals surface area contributed by atoms with Gasteiger partial charge in [0.25, 0.3) is 0 Å². The van der Waals surface area contributed by atoms with Crippen molar-refractivity contribution in [3.63, 3.8) is 0 Å². The molecule has 2 N–H and O–H groups in total. The zero-order valence-electron chi connectivity index (χ0n) is 11.7. The van der Waals surface area contributed by atoms with E-state index in [0.29, 0.717) is 18.8 Å². The van der Waals surface area contributed by atoms with Gasteiger partial charge in [-0.2, -0.15) is 0 Å². The Bertz CT molecular complexity index is 409. The van der Waals surface area contributed by atoms with Crippen LogP contribution in [0.25, 0.3) is 0 Å². The van der Waals surface area contributed by atoms with Gasteiger partial charge in [-0.05, 0) is 18.9 Å². The maximum atomic E-state index is 13.6. The van der Waals surface area contributed by atoms with Crippen LogP contribution in [0.5, 0.6) is 0 Å². The maximum Gasteiger partial charge on any atom is 0.151 e. The fourth-order valence-corrected chi connectivity index (χ4v) is 2.23. The SMILES string of the molecule is CCC(CC)N(CCOC)c1cc(F)cc(F)c1N. The van der Waals surface area contributed by atoms with Gasteiger partial charge in [0, 0.05) is 25.8 Å². The van der Waals surface area contributed by atoms with Crippen LogP contribution in [0, 0.1) is 11.6 Å². The lowest BCUT2D eigenvalue weighted by atomic mass is 10.1. The second-order valence-corrected chi connectivity index (χ2v) is 4.48. The molecule has 0 aliphatic rings. The fraction of sp³-hybridized carbons (Fsp3) is 0.571. The molecule has 3 nitrogen and oxygen atoms in total. The van der Waals surface area contributed by atoms with Gasteiger partial charge in [-0.25, -0.2) is 8.78 Å². The fourth-order valence-electron chi connectivity index (χ4n) is 2.23. The molecule has 0 bridgehead atoms. The van der Waals surface area contributed by atoms with Crippen molar-refractivity contribution in [1.29, 1.82) is 0 Å². The van der Waals surface area contributed by atoms with E-state index in [1.165, 1.54) is 6.07 Å². The molecule has 0 spiro atoms. The van der Waals surface area contributed by atoms with E-state index in [1.54, 1.807) is 7.11 Å². The zero-order valence-corrected chi connectivity index (χ0v) is 11.7. The summed E-state index contributed by atoms with van der Waals surface area (Å²) in [6.45, 7) is 5.11. The molecule has 0 saturated heterocycles. The molecule has 0 aliphatic carbocycles. The highest BCUT2D eigenvalue weighted by Crippen LogP contribution is 2.30. The van der Waals surface area contributed by atoms with Gasteiger partial charge in [-0.3, -0.25) is 0 Å². The first kappa shape index (κ1) is 15.7. The van der Waals surface area contributed by atoms with Crippen molar-refractivity contribution >= 4 is 11.4 Å². The Kier molecular flexibility index (Phi) is 6.02. The number of nitrogens with zero attached hydrogens (tertiary/aromatic N) is 1. The summed E-state index contributed by atoms with van der Waals surface area (Å²) in [5, 5.41) is 0. The van der Waals surface area contributed by atoms with Crippen LogP contribution in [-0.4, -0.2) is 26.3 Å². The van der Waals surface area contributed by atoms with Gasteiger partial charge >= 0.3 is 0 Å². The van der Waals surface area contributed by atoms with E-state index in [1.807, 2.05) is 18.7 Å². The normalized spacial score (nSPS) is 11.1. The highest BCUT2D eigenvalue weighted by Gasteiger charge is 2.20. The first-order chi connectivity index (χ1) is 9.04. The van der Waals surface area contributed by atoms with Crippen LogP contribution in [0.4, 0.5) is 20.2 Å². The third kappa shape index (κ3) is 3.80. The van der Waals surface area contributed by atoms with Crippen LogP contribution in [0.15, 0.2) is 12.1 Å². The molecule has 0 radical (unpaired) electrons. The Hall–Kier alpha value is -1.36. The molecular weight excluding hydrogens is 250 g/mol. The molecule has 0 atom stereocenters. The minimum absolute atomic E-state index is 0.00981. The monoisotopic (exact) mass is 272 g/mol. The van der Waals surface area contributed by atoms with Gasteiger partial charge < -0.3 is 15.4 Å². The maximum absolute atomic E-state index is 13.6. The van der Waals surface area contributed by atoms with Crippen molar-refractivity contribution in [2.45, 2.75) is 32.7 Å². The number of hydrogen-bond donors (Lipinski definition) is 1. The van der Waals surface area contributed by atoms with E-state index >= 15 is 0 Å². The van der Waals surface area contributed by atoms with Crippen molar-refractivity contribution < 1.29 is 13.5 Å². The molecule has 1 aromatic carbocycles. The Labute approximate surface area is 113 Å². The van der Waals surface area contributed by atoms with E-state index < -0.39 is 11.6 Å². The molecule has 0 amide bonds.